The van der Waals surface area contributed by atoms with Crippen LogP contribution in [0.15, 0.2) is 71.8 Å². The monoisotopic (exact) mass is 351 g/mol. The molecule has 0 aliphatic carbocycles. The number of rotatable bonds is 5. The van der Waals surface area contributed by atoms with Crippen LogP contribution < -0.4 is 5.56 Å². The van der Waals surface area contributed by atoms with E-state index in [4.69, 9.17) is 0 Å². The maximum absolute atomic E-state index is 13.7. The van der Waals surface area contributed by atoms with E-state index in [-0.39, 0.29) is 30.4 Å². The molecule has 2 aromatic carbocycles. The smallest absolute Gasteiger partial charge is 0.269 e. The van der Waals surface area contributed by atoms with Crippen molar-refractivity contribution >= 4 is 5.91 Å². The van der Waals surface area contributed by atoms with Gasteiger partial charge in [0.25, 0.3) is 5.56 Å². The van der Waals surface area contributed by atoms with Gasteiger partial charge in [-0.15, -0.1) is 0 Å². The van der Waals surface area contributed by atoms with E-state index in [1.165, 1.54) is 21.7 Å². The van der Waals surface area contributed by atoms with Crippen molar-refractivity contribution in [2.45, 2.75) is 13.1 Å². The van der Waals surface area contributed by atoms with E-state index in [9.17, 15) is 14.0 Å². The Balaban J connectivity index is 1.76. The fraction of sp³-hybridized carbons (Fsp3) is 0.150. The number of carbonyl (C=O) groups excluding carboxylic acids is 1. The maximum atomic E-state index is 13.7. The molecule has 1 amide bonds. The number of halogens is 1. The molecular weight excluding hydrogens is 333 g/mol. The van der Waals surface area contributed by atoms with Gasteiger partial charge in [0.05, 0.1) is 11.9 Å². The van der Waals surface area contributed by atoms with Crippen LogP contribution in [-0.4, -0.2) is 27.4 Å². The van der Waals surface area contributed by atoms with Crippen molar-refractivity contribution in [2.24, 2.45) is 0 Å². The summed E-state index contributed by atoms with van der Waals surface area (Å²) in [4.78, 5) is 30.0. The minimum absolute atomic E-state index is 0.133. The predicted molar refractivity (Wildman–Crippen MR) is 96.8 cm³/mol. The Morgan fingerprint density at radius 2 is 1.81 bits per heavy atom. The van der Waals surface area contributed by atoms with Gasteiger partial charge in [-0.25, -0.2) is 9.37 Å². The fourth-order valence-corrected chi connectivity index (χ4v) is 2.56. The van der Waals surface area contributed by atoms with Gasteiger partial charge >= 0.3 is 0 Å². The molecule has 0 saturated carbocycles. The van der Waals surface area contributed by atoms with E-state index in [0.29, 0.717) is 11.3 Å². The van der Waals surface area contributed by atoms with Crippen molar-refractivity contribution in [3.63, 3.8) is 0 Å². The van der Waals surface area contributed by atoms with Crippen LogP contribution in [0.2, 0.25) is 0 Å². The van der Waals surface area contributed by atoms with Gasteiger partial charge in [-0.05, 0) is 6.07 Å². The average Bonchev–Trinajstić information content (AvgIpc) is 2.66. The maximum Gasteiger partial charge on any atom is 0.269 e. The highest BCUT2D eigenvalue weighted by molar-refractivity contribution is 5.75. The van der Waals surface area contributed by atoms with Gasteiger partial charge in [0.15, 0.2) is 0 Å². The van der Waals surface area contributed by atoms with Crippen LogP contribution in [0.1, 0.15) is 5.56 Å². The molecule has 0 unspecified atom stereocenters. The Hall–Kier alpha value is -3.28. The third-order valence-corrected chi connectivity index (χ3v) is 4.04. The molecule has 132 valence electrons. The van der Waals surface area contributed by atoms with Gasteiger partial charge < -0.3 is 9.47 Å². The second-order valence-corrected chi connectivity index (χ2v) is 5.95. The number of likely N-dealkylation sites (N-methyl/N-ethyl adjacent to an activating group) is 1. The number of aromatic nitrogens is 2. The van der Waals surface area contributed by atoms with Crippen LogP contribution >= 0.6 is 0 Å². The number of benzene rings is 2. The highest BCUT2D eigenvalue weighted by Gasteiger charge is 2.13. The lowest BCUT2D eigenvalue weighted by atomic mass is 10.2. The Labute approximate surface area is 150 Å². The summed E-state index contributed by atoms with van der Waals surface area (Å²) >= 11 is 0. The van der Waals surface area contributed by atoms with E-state index >= 15 is 0 Å². The molecule has 1 heterocycles. The summed E-state index contributed by atoms with van der Waals surface area (Å²) < 4.78 is 15.1. The Kier molecular flexibility index (Phi) is 5.22. The first-order chi connectivity index (χ1) is 12.5. The van der Waals surface area contributed by atoms with E-state index in [1.54, 1.807) is 31.4 Å². The topological polar surface area (TPSA) is 55.2 Å². The summed E-state index contributed by atoms with van der Waals surface area (Å²) in [5, 5.41) is 0. The third kappa shape index (κ3) is 4.03. The molecule has 0 bridgehead atoms. The summed E-state index contributed by atoms with van der Waals surface area (Å²) in [7, 11) is 1.58. The summed E-state index contributed by atoms with van der Waals surface area (Å²) in [6, 6.07) is 15.7. The Morgan fingerprint density at radius 1 is 1.12 bits per heavy atom. The Bertz CT molecular complexity index is 970. The van der Waals surface area contributed by atoms with Crippen molar-refractivity contribution < 1.29 is 9.18 Å². The van der Waals surface area contributed by atoms with Gasteiger partial charge in [-0.1, -0.05) is 48.5 Å². The minimum Gasteiger partial charge on any atom is -0.340 e. The average molecular weight is 351 g/mol. The molecule has 26 heavy (non-hydrogen) atoms. The van der Waals surface area contributed by atoms with E-state index in [2.05, 4.69) is 4.98 Å². The fourth-order valence-electron chi connectivity index (χ4n) is 2.56. The van der Waals surface area contributed by atoms with Crippen LogP contribution in [0.3, 0.4) is 0 Å². The van der Waals surface area contributed by atoms with Gasteiger partial charge in [-0.2, -0.15) is 0 Å². The second-order valence-electron chi connectivity index (χ2n) is 5.95. The van der Waals surface area contributed by atoms with Crippen LogP contribution in [0, 0.1) is 5.82 Å². The lowest BCUT2D eigenvalue weighted by molar-refractivity contribution is -0.131. The van der Waals surface area contributed by atoms with Crippen molar-refractivity contribution in [3.05, 3.63) is 88.7 Å². The molecule has 5 nitrogen and oxygen atoms in total. The molecule has 0 radical (unpaired) electrons. The lowest BCUT2D eigenvalue weighted by Gasteiger charge is -2.18. The van der Waals surface area contributed by atoms with Crippen LogP contribution in [0.4, 0.5) is 4.39 Å². The minimum atomic E-state index is -0.364. The number of hydrogen-bond acceptors (Lipinski definition) is 3. The third-order valence-electron chi connectivity index (χ3n) is 4.04. The van der Waals surface area contributed by atoms with Crippen LogP contribution in [0.5, 0.6) is 0 Å². The summed E-state index contributed by atoms with van der Waals surface area (Å²) in [5.74, 6) is -0.653. The van der Waals surface area contributed by atoms with Crippen molar-refractivity contribution in [3.8, 4) is 11.3 Å². The lowest BCUT2D eigenvalue weighted by Crippen LogP contribution is -2.33. The first-order valence-corrected chi connectivity index (χ1v) is 8.14. The van der Waals surface area contributed by atoms with Gasteiger partial charge in [0, 0.05) is 30.9 Å². The molecular formula is C20H18FN3O2. The molecule has 0 atom stereocenters. The van der Waals surface area contributed by atoms with E-state index < -0.39 is 0 Å². The summed E-state index contributed by atoms with van der Waals surface area (Å²) in [6.07, 6.45) is 2.76. The van der Waals surface area contributed by atoms with Crippen molar-refractivity contribution in [1.29, 1.82) is 0 Å². The largest absolute Gasteiger partial charge is 0.340 e. The van der Waals surface area contributed by atoms with Gasteiger partial charge in [-0.3, -0.25) is 9.59 Å². The first-order valence-electron chi connectivity index (χ1n) is 8.14. The Morgan fingerprint density at radius 3 is 2.54 bits per heavy atom. The molecule has 0 spiro atoms. The summed E-state index contributed by atoms with van der Waals surface area (Å²) in [5.41, 5.74) is 1.52. The van der Waals surface area contributed by atoms with E-state index in [0.717, 1.165) is 5.56 Å². The molecule has 0 fully saturated rings. The summed E-state index contributed by atoms with van der Waals surface area (Å²) in [6.45, 7) is 0.00300. The molecule has 3 rings (SSSR count). The molecule has 0 aliphatic rings. The number of carbonyl (C=O) groups is 1. The zero-order valence-corrected chi connectivity index (χ0v) is 14.3. The predicted octanol–water partition coefficient (Wildman–Crippen LogP) is 2.71. The van der Waals surface area contributed by atoms with Crippen molar-refractivity contribution in [2.75, 3.05) is 7.05 Å². The molecule has 0 aliphatic heterocycles. The SMILES string of the molecule is CN(Cc1ccccc1F)C(=O)Cn1cc(-c2ccccc2)ncc1=O. The molecule has 1 aromatic heterocycles. The number of hydrogen-bond donors (Lipinski definition) is 0. The first kappa shape index (κ1) is 17.5. The normalized spacial score (nSPS) is 10.5. The van der Waals surface area contributed by atoms with E-state index in [1.807, 2.05) is 30.3 Å². The van der Waals surface area contributed by atoms with Crippen LogP contribution in [0.25, 0.3) is 11.3 Å². The zero-order valence-electron chi connectivity index (χ0n) is 14.3. The molecule has 0 saturated heterocycles. The zero-order chi connectivity index (χ0) is 18.5. The van der Waals surface area contributed by atoms with Crippen LogP contribution in [-0.2, 0) is 17.9 Å². The van der Waals surface area contributed by atoms with Crippen molar-refractivity contribution in [1.82, 2.24) is 14.5 Å². The number of nitrogens with zero attached hydrogens (tertiary/aromatic N) is 3. The molecule has 6 heteroatoms. The number of amides is 1. The van der Waals surface area contributed by atoms with Gasteiger partial charge in [0.1, 0.15) is 12.4 Å². The highest BCUT2D eigenvalue weighted by atomic mass is 19.1. The second kappa shape index (κ2) is 7.74. The van der Waals surface area contributed by atoms with Gasteiger partial charge in [0.2, 0.25) is 5.91 Å². The molecule has 0 N–H and O–H groups in total. The molecule has 3 aromatic rings. The quantitative estimate of drug-likeness (QED) is 0.710. The standard InChI is InChI=1S/C20H18FN3O2/c1-23(12-16-9-5-6-10-17(16)21)20(26)14-24-13-18(22-11-19(24)25)15-7-3-2-4-8-15/h2-11,13H,12,14H2,1H3. The highest BCUT2D eigenvalue weighted by Crippen LogP contribution is 2.14.